The number of carboxylic acid groups (broad SMARTS) is 1. The zero-order valence-corrected chi connectivity index (χ0v) is 15.3. The van der Waals surface area contributed by atoms with E-state index in [0.29, 0.717) is 12.1 Å². The topological polar surface area (TPSA) is 62.5 Å². The van der Waals surface area contributed by atoms with Gasteiger partial charge in [-0.05, 0) is 39.3 Å². The number of nitrogens with zero attached hydrogens (tertiary/aromatic N) is 2. The lowest BCUT2D eigenvalue weighted by Crippen LogP contribution is -2.33. The standard InChI is InChI=1S/C20H26N2O3/c1-5-21(12-11-19(23)24)20(25)18-13-14(2)22(16(18)4)15(3)17-9-7-6-8-10-17/h6-10,13,15H,5,11-12H2,1-4H3,(H,23,24). The number of carboxylic acids is 1. The number of benzene rings is 1. The molecule has 1 amide bonds. The zero-order valence-electron chi connectivity index (χ0n) is 15.3. The fraction of sp³-hybridized carbons (Fsp3) is 0.400. The highest BCUT2D eigenvalue weighted by atomic mass is 16.4. The lowest BCUT2D eigenvalue weighted by molar-refractivity contribution is -0.137. The average molecular weight is 342 g/mol. The van der Waals surface area contributed by atoms with Crippen molar-refractivity contribution < 1.29 is 14.7 Å². The fourth-order valence-corrected chi connectivity index (χ4v) is 3.27. The van der Waals surface area contributed by atoms with Gasteiger partial charge in [-0.2, -0.15) is 0 Å². The number of carbonyl (C=O) groups excluding carboxylic acids is 1. The van der Waals surface area contributed by atoms with E-state index in [4.69, 9.17) is 5.11 Å². The van der Waals surface area contributed by atoms with Gasteiger partial charge in [-0.1, -0.05) is 30.3 Å². The Morgan fingerprint density at radius 2 is 1.84 bits per heavy atom. The molecule has 0 radical (unpaired) electrons. The smallest absolute Gasteiger partial charge is 0.305 e. The minimum atomic E-state index is -0.894. The lowest BCUT2D eigenvalue weighted by atomic mass is 10.1. The predicted molar refractivity (Wildman–Crippen MR) is 98.0 cm³/mol. The van der Waals surface area contributed by atoms with Gasteiger partial charge in [0, 0.05) is 24.5 Å². The van der Waals surface area contributed by atoms with Gasteiger partial charge in [-0.3, -0.25) is 9.59 Å². The number of aryl methyl sites for hydroxylation is 1. The van der Waals surface area contributed by atoms with Crippen LogP contribution in [0.3, 0.4) is 0 Å². The van der Waals surface area contributed by atoms with Crippen LogP contribution < -0.4 is 0 Å². The van der Waals surface area contributed by atoms with Gasteiger partial charge < -0.3 is 14.6 Å². The fourth-order valence-electron chi connectivity index (χ4n) is 3.27. The summed E-state index contributed by atoms with van der Waals surface area (Å²) in [6.45, 7) is 8.64. The van der Waals surface area contributed by atoms with E-state index < -0.39 is 5.97 Å². The first-order valence-corrected chi connectivity index (χ1v) is 8.61. The molecule has 25 heavy (non-hydrogen) atoms. The molecule has 5 nitrogen and oxygen atoms in total. The summed E-state index contributed by atoms with van der Waals surface area (Å²) in [5.41, 5.74) is 3.76. The summed E-state index contributed by atoms with van der Waals surface area (Å²) in [6, 6.07) is 12.2. The van der Waals surface area contributed by atoms with Crippen molar-refractivity contribution in [3.63, 3.8) is 0 Å². The number of aromatic nitrogens is 1. The molecule has 0 saturated heterocycles. The van der Waals surface area contributed by atoms with Crippen LogP contribution in [0.2, 0.25) is 0 Å². The molecule has 1 atom stereocenters. The lowest BCUT2D eigenvalue weighted by Gasteiger charge is -2.21. The van der Waals surface area contributed by atoms with Crippen molar-refractivity contribution in [2.45, 2.75) is 40.2 Å². The van der Waals surface area contributed by atoms with Gasteiger partial charge in [-0.15, -0.1) is 0 Å². The van der Waals surface area contributed by atoms with Gasteiger partial charge in [0.05, 0.1) is 18.0 Å². The van der Waals surface area contributed by atoms with Gasteiger partial charge in [0.25, 0.3) is 5.91 Å². The van der Waals surface area contributed by atoms with E-state index in [1.54, 1.807) is 4.90 Å². The van der Waals surface area contributed by atoms with Crippen molar-refractivity contribution in [1.29, 1.82) is 0 Å². The van der Waals surface area contributed by atoms with Crippen LogP contribution in [0.25, 0.3) is 0 Å². The maximum absolute atomic E-state index is 12.9. The minimum absolute atomic E-state index is 0.0429. The van der Waals surface area contributed by atoms with Crippen LogP contribution >= 0.6 is 0 Å². The molecule has 0 aliphatic rings. The summed E-state index contributed by atoms with van der Waals surface area (Å²) in [5, 5.41) is 8.87. The highest BCUT2D eigenvalue weighted by molar-refractivity contribution is 5.96. The molecule has 0 bridgehead atoms. The van der Waals surface area contributed by atoms with Crippen LogP contribution in [0.15, 0.2) is 36.4 Å². The molecule has 1 aromatic carbocycles. The molecular formula is C20H26N2O3. The second-order valence-electron chi connectivity index (χ2n) is 6.27. The van der Waals surface area contributed by atoms with Crippen LogP contribution in [-0.4, -0.2) is 39.5 Å². The number of carbonyl (C=O) groups is 2. The monoisotopic (exact) mass is 342 g/mol. The second-order valence-corrected chi connectivity index (χ2v) is 6.27. The second kappa shape index (κ2) is 8.01. The molecule has 0 saturated carbocycles. The Balaban J connectivity index is 2.32. The molecule has 1 N–H and O–H groups in total. The summed E-state index contributed by atoms with van der Waals surface area (Å²) in [6.07, 6.45) is -0.0429. The van der Waals surface area contributed by atoms with Crippen LogP contribution in [0.1, 0.15) is 53.6 Å². The van der Waals surface area contributed by atoms with Crippen molar-refractivity contribution in [2.24, 2.45) is 0 Å². The maximum Gasteiger partial charge on any atom is 0.305 e. The maximum atomic E-state index is 12.9. The third-order valence-corrected chi connectivity index (χ3v) is 4.65. The molecule has 0 spiro atoms. The van der Waals surface area contributed by atoms with Crippen LogP contribution in [-0.2, 0) is 4.79 Å². The Morgan fingerprint density at radius 1 is 1.20 bits per heavy atom. The van der Waals surface area contributed by atoms with Crippen molar-refractivity contribution in [2.75, 3.05) is 13.1 Å². The summed E-state index contributed by atoms with van der Waals surface area (Å²) < 4.78 is 2.16. The summed E-state index contributed by atoms with van der Waals surface area (Å²) >= 11 is 0. The number of hydrogen-bond acceptors (Lipinski definition) is 2. The first-order chi connectivity index (χ1) is 11.9. The van der Waals surface area contributed by atoms with E-state index in [0.717, 1.165) is 11.4 Å². The number of amides is 1. The first-order valence-electron chi connectivity index (χ1n) is 8.61. The number of hydrogen-bond donors (Lipinski definition) is 1. The molecule has 2 aromatic rings. The van der Waals surface area contributed by atoms with Crippen LogP contribution in [0.4, 0.5) is 0 Å². The van der Waals surface area contributed by atoms with E-state index in [9.17, 15) is 9.59 Å². The zero-order chi connectivity index (χ0) is 18.6. The van der Waals surface area contributed by atoms with Crippen molar-refractivity contribution >= 4 is 11.9 Å². The van der Waals surface area contributed by atoms with Gasteiger partial charge in [0.1, 0.15) is 0 Å². The normalized spacial score (nSPS) is 12.0. The van der Waals surface area contributed by atoms with Crippen LogP contribution in [0, 0.1) is 13.8 Å². The third-order valence-electron chi connectivity index (χ3n) is 4.65. The molecule has 134 valence electrons. The van der Waals surface area contributed by atoms with Crippen molar-refractivity contribution in [1.82, 2.24) is 9.47 Å². The Bertz CT molecular complexity index is 750. The van der Waals surface area contributed by atoms with Crippen LogP contribution in [0.5, 0.6) is 0 Å². The first kappa shape index (κ1) is 18.8. The average Bonchev–Trinajstić information content (AvgIpc) is 2.89. The van der Waals surface area contributed by atoms with Gasteiger partial charge in [-0.25, -0.2) is 0 Å². The summed E-state index contributed by atoms with van der Waals surface area (Å²) in [5.74, 6) is -1.00. The predicted octanol–water partition coefficient (Wildman–Crippen LogP) is 3.65. The highest BCUT2D eigenvalue weighted by Gasteiger charge is 2.23. The molecule has 1 heterocycles. The van der Waals surface area contributed by atoms with Gasteiger partial charge >= 0.3 is 5.97 Å². The Hall–Kier alpha value is -2.56. The minimum Gasteiger partial charge on any atom is -0.481 e. The third kappa shape index (κ3) is 4.10. The highest BCUT2D eigenvalue weighted by Crippen LogP contribution is 2.26. The summed E-state index contributed by atoms with van der Waals surface area (Å²) in [7, 11) is 0. The molecule has 0 aliphatic heterocycles. The Kier molecular flexibility index (Phi) is 6.02. The molecule has 1 unspecified atom stereocenters. The van der Waals surface area contributed by atoms with Crippen molar-refractivity contribution in [3.05, 3.63) is 58.9 Å². The van der Waals surface area contributed by atoms with E-state index in [1.165, 1.54) is 5.56 Å². The van der Waals surface area contributed by atoms with E-state index in [2.05, 4.69) is 23.6 Å². The number of rotatable bonds is 7. The number of aliphatic carboxylic acids is 1. The van der Waals surface area contributed by atoms with Gasteiger partial charge in [0.15, 0.2) is 0 Å². The Morgan fingerprint density at radius 3 is 2.40 bits per heavy atom. The van der Waals surface area contributed by atoms with Crippen molar-refractivity contribution in [3.8, 4) is 0 Å². The molecular weight excluding hydrogens is 316 g/mol. The molecule has 2 rings (SSSR count). The Labute approximate surface area is 148 Å². The molecule has 0 aliphatic carbocycles. The van der Waals surface area contributed by atoms with E-state index in [-0.39, 0.29) is 24.9 Å². The van der Waals surface area contributed by atoms with E-state index >= 15 is 0 Å². The quantitative estimate of drug-likeness (QED) is 0.835. The SMILES string of the molecule is CCN(CCC(=O)O)C(=O)c1cc(C)n(C(C)c2ccccc2)c1C. The molecule has 0 fully saturated rings. The molecule has 5 heteroatoms. The summed E-state index contributed by atoms with van der Waals surface area (Å²) in [4.78, 5) is 25.3. The van der Waals surface area contributed by atoms with E-state index in [1.807, 2.05) is 45.0 Å². The van der Waals surface area contributed by atoms with Gasteiger partial charge in [0.2, 0.25) is 0 Å². The largest absolute Gasteiger partial charge is 0.481 e. The molecule has 1 aromatic heterocycles.